The Morgan fingerprint density at radius 2 is 2.11 bits per heavy atom. The number of amides is 2. The zero-order chi connectivity index (χ0) is 13.4. The molecular formula is C14H21N3O2. The maximum Gasteiger partial charge on any atom is 0.249 e. The molecule has 0 bridgehead atoms. The molecule has 0 spiro atoms. The van der Waals surface area contributed by atoms with Gasteiger partial charge in [-0.2, -0.15) is 0 Å². The molecule has 3 aliphatic rings. The van der Waals surface area contributed by atoms with Gasteiger partial charge in [-0.1, -0.05) is 0 Å². The summed E-state index contributed by atoms with van der Waals surface area (Å²) in [5, 5.41) is 6.23. The van der Waals surface area contributed by atoms with E-state index >= 15 is 0 Å². The van der Waals surface area contributed by atoms with Gasteiger partial charge in [-0.25, -0.2) is 0 Å². The van der Waals surface area contributed by atoms with Crippen molar-refractivity contribution in [3.05, 3.63) is 11.1 Å². The lowest BCUT2D eigenvalue weighted by molar-refractivity contribution is -0.131. The molecule has 3 heterocycles. The third-order valence-corrected chi connectivity index (χ3v) is 4.64. The summed E-state index contributed by atoms with van der Waals surface area (Å²) >= 11 is 0. The van der Waals surface area contributed by atoms with Crippen LogP contribution >= 0.6 is 0 Å². The van der Waals surface area contributed by atoms with Crippen molar-refractivity contribution in [3.63, 3.8) is 0 Å². The molecule has 3 fully saturated rings. The smallest absolute Gasteiger partial charge is 0.249 e. The highest BCUT2D eigenvalue weighted by atomic mass is 16.2. The first-order chi connectivity index (χ1) is 9.15. The first-order valence-electron chi connectivity index (χ1n) is 7.13. The van der Waals surface area contributed by atoms with Crippen LogP contribution < -0.4 is 10.6 Å². The number of piperidine rings is 2. The van der Waals surface area contributed by atoms with E-state index in [2.05, 4.69) is 10.6 Å². The quantitative estimate of drug-likeness (QED) is 0.656. The minimum absolute atomic E-state index is 0.167. The van der Waals surface area contributed by atoms with Crippen molar-refractivity contribution in [2.24, 2.45) is 5.92 Å². The van der Waals surface area contributed by atoms with E-state index < -0.39 is 0 Å². The van der Waals surface area contributed by atoms with Gasteiger partial charge < -0.3 is 15.5 Å². The average Bonchev–Trinajstić information content (AvgIpc) is 2.35. The number of nitrogens with one attached hydrogen (secondary N) is 2. The molecule has 0 saturated carbocycles. The van der Waals surface area contributed by atoms with Crippen molar-refractivity contribution >= 4 is 11.8 Å². The van der Waals surface area contributed by atoms with E-state index in [9.17, 15) is 9.59 Å². The van der Waals surface area contributed by atoms with Gasteiger partial charge in [0.25, 0.3) is 0 Å². The van der Waals surface area contributed by atoms with Crippen LogP contribution in [0, 0.1) is 5.92 Å². The Hall–Kier alpha value is -1.36. The fraction of sp³-hybridized carbons (Fsp3) is 0.714. The zero-order valence-electron chi connectivity index (χ0n) is 11.4. The molecule has 0 aromatic rings. The van der Waals surface area contributed by atoms with Crippen molar-refractivity contribution in [1.29, 1.82) is 0 Å². The van der Waals surface area contributed by atoms with Crippen molar-refractivity contribution in [2.75, 3.05) is 26.2 Å². The molecule has 2 amide bonds. The molecular weight excluding hydrogens is 242 g/mol. The zero-order valence-corrected chi connectivity index (χ0v) is 11.4. The Bertz CT molecular complexity index is 438. The molecule has 5 nitrogen and oxygen atoms in total. The van der Waals surface area contributed by atoms with Gasteiger partial charge in [-0.05, 0) is 31.3 Å². The first kappa shape index (κ1) is 12.7. The molecule has 0 aromatic carbocycles. The Morgan fingerprint density at radius 1 is 1.32 bits per heavy atom. The minimum atomic E-state index is 0.167. The summed E-state index contributed by atoms with van der Waals surface area (Å²) in [6.45, 7) is 5.20. The van der Waals surface area contributed by atoms with Gasteiger partial charge in [0.15, 0.2) is 0 Å². The number of nitrogens with zero attached hydrogens (tertiary/aromatic N) is 1. The van der Waals surface area contributed by atoms with Crippen molar-refractivity contribution in [1.82, 2.24) is 15.5 Å². The number of hydrogen-bond donors (Lipinski definition) is 2. The number of carbonyl (C=O) groups is 2. The highest BCUT2D eigenvalue weighted by Crippen LogP contribution is 2.26. The van der Waals surface area contributed by atoms with Crippen LogP contribution in [-0.4, -0.2) is 48.9 Å². The van der Waals surface area contributed by atoms with Gasteiger partial charge in [0, 0.05) is 44.2 Å². The summed E-state index contributed by atoms with van der Waals surface area (Å²) in [7, 11) is 0. The lowest BCUT2D eigenvalue weighted by atomic mass is 9.85. The standard InChI is InChI=1S/C14H21N3O2/c1-9(11-6-15-7-11)14(19)17-5-4-12-10(8-17)2-3-13(18)16-12/h10,12,15H,2-8H2,1H3,(H,16,18). The molecule has 0 radical (unpaired) electrons. The van der Waals surface area contributed by atoms with Gasteiger partial charge in [-0.3, -0.25) is 9.59 Å². The normalized spacial score (nSPS) is 30.3. The van der Waals surface area contributed by atoms with Crippen molar-refractivity contribution in [2.45, 2.75) is 32.2 Å². The number of rotatable bonds is 1. The molecule has 3 saturated heterocycles. The summed E-state index contributed by atoms with van der Waals surface area (Å²) < 4.78 is 0. The highest BCUT2D eigenvalue weighted by molar-refractivity contribution is 5.94. The van der Waals surface area contributed by atoms with Crippen LogP contribution in [0.5, 0.6) is 0 Å². The average molecular weight is 263 g/mol. The topological polar surface area (TPSA) is 61.4 Å². The van der Waals surface area contributed by atoms with Crippen molar-refractivity contribution in [3.8, 4) is 0 Å². The molecule has 0 aromatic heterocycles. The highest BCUT2D eigenvalue weighted by Gasteiger charge is 2.35. The lowest BCUT2D eigenvalue weighted by Gasteiger charge is -2.41. The second kappa shape index (κ2) is 4.96. The van der Waals surface area contributed by atoms with E-state index in [4.69, 9.17) is 0 Å². The van der Waals surface area contributed by atoms with Crippen LogP contribution in [0.3, 0.4) is 0 Å². The Kier molecular flexibility index (Phi) is 3.31. The monoisotopic (exact) mass is 263 g/mol. The Labute approximate surface area is 113 Å². The van der Waals surface area contributed by atoms with Crippen LogP contribution in [-0.2, 0) is 9.59 Å². The first-order valence-corrected chi connectivity index (χ1v) is 7.13. The molecule has 2 N–H and O–H groups in total. The molecule has 19 heavy (non-hydrogen) atoms. The van der Waals surface area contributed by atoms with E-state index in [0.717, 1.165) is 44.6 Å². The molecule has 3 rings (SSSR count). The predicted octanol–water partition coefficient (Wildman–Crippen LogP) is 0.0332. The van der Waals surface area contributed by atoms with E-state index in [0.29, 0.717) is 12.3 Å². The lowest BCUT2D eigenvalue weighted by Crippen LogP contribution is -2.55. The Morgan fingerprint density at radius 3 is 2.79 bits per heavy atom. The fourth-order valence-corrected chi connectivity index (χ4v) is 3.20. The predicted molar refractivity (Wildman–Crippen MR) is 71.4 cm³/mol. The molecule has 5 heteroatoms. The van der Waals surface area contributed by atoms with Gasteiger partial charge in [0.1, 0.15) is 0 Å². The van der Waals surface area contributed by atoms with Gasteiger partial charge in [0.2, 0.25) is 11.8 Å². The number of carbonyl (C=O) groups excluding carboxylic acids is 2. The SMILES string of the molecule is CC(C(=O)N1CCC2NC(=O)CCC2C1)=C1CNC1. The summed E-state index contributed by atoms with van der Waals surface area (Å²) in [5.41, 5.74) is 2.15. The van der Waals surface area contributed by atoms with Gasteiger partial charge >= 0.3 is 0 Å². The maximum atomic E-state index is 12.4. The Balaban J connectivity index is 1.65. The van der Waals surface area contributed by atoms with E-state index in [1.807, 2.05) is 11.8 Å². The van der Waals surface area contributed by atoms with Gasteiger partial charge in [0.05, 0.1) is 0 Å². The van der Waals surface area contributed by atoms with Crippen LogP contribution in [0.2, 0.25) is 0 Å². The number of fused-ring (bicyclic) bond motifs is 1. The van der Waals surface area contributed by atoms with Crippen LogP contribution in [0.4, 0.5) is 0 Å². The molecule has 0 aliphatic carbocycles. The maximum absolute atomic E-state index is 12.4. The van der Waals surface area contributed by atoms with Crippen LogP contribution in [0.25, 0.3) is 0 Å². The van der Waals surface area contributed by atoms with Gasteiger partial charge in [-0.15, -0.1) is 0 Å². The molecule has 2 atom stereocenters. The number of likely N-dealkylation sites (tertiary alicyclic amines) is 1. The second-order valence-corrected chi connectivity index (χ2v) is 5.84. The van der Waals surface area contributed by atoms with Crippen LogP contribution in [0.1, 0.15) is 26.2 Å². The van der Waals surface area contributed by atoms with Crippen LogP contribution in [0.15, 0.2) is 11.1 Å². The molecule has 2 unspecified atom stereocenters. The minimum Gasteiger partial charge on any atom is -0.353 e. The molecule has 104 valence electrons. The summed E-state index contributed by atoms with van der Waals surface area (Å²) in [6, 6.07) is 0.281. The third-order valence-electron chi connectivity index (χ3n) is 4.64. The fourth-order valence-electron chi connectivity index (χ4n) is 3.20. The largest absolute Gasteiger partial charge is 0.353 e. The summed E-state index contributed by atoms with van der Waals surface area (Å²) in [4.78, 5) is 25.8. The van der Waals surface area contributed by atoms with E-state index in [1.165, 1.54) is 5.57 Å². The molecule has 3 aliphatic heterocycles. The van der Waals surface area contributed by atoms with E-state index in [-0.39, 0.29) is 17.9 Å². The van der Waals surface area contributed by atoms with E-state index in [1.54, 1.807) is 0 Å². The second-order valence-electron chi connectivity index (χ2n) is 5.84. The third kappa shape index (κ3) is 2.39. The summed E-state index contributed by atoms with van der Waals surface area (Å²) in [5.74, 6) is 0.791. The summed E-state index contributed by atoms with van der Waals surface area (Å²) in [6.07, 6.45) is 2.41. The van der Waals surface area contributed by atoms with Crippen molar-refractivity contribution < 1.29 is 9.59 Å². The number of hydrogen-bond acceptors (Lipinski definition) is 3.